The van der Waals surface area contributed by atoms with E-state index in [9.17, 15) is 9.90 Å². The molecule has 0 bridgehead atoms. The Morgan fingerprint density at radius 2 is 1.69 bits per heavy atom. The second-order valence-corrected chi connectivity index (χ2v) is 9.78. The largest absolute Gasteiger partial charge is 0.436 e. The molecule has 0 atom stereocenters. The Labute approximate surface area is 214 Å². The molecule has 0 spiro atoms. The summed E-state index contributed by atoms with van der Waals surface area (Å²) in [6.45, 7) is 5.77. The van der Waals surface area contributed by atoms with E-state index < -0.39 is 0 Å². The van der Waals surface area contributed by atoms with E-state index in [1.165, 1.54) is 11.8 Å². The van der Waals surface area contributed by atoms with E-state index in [2.05, 4.69) is 10.3 Å². The number of hydrogen-bond acceptors (Lipinski definition) is 7. The van der Waals surface area contributed by atoms with E-state index >= 15 is 0 Å². The number of aliphatic hydroxyl groups excluding tert-OH is 1. The van der Waals surface area contributed by atoms with Crippen LogP contribution < -0.4 is 10.1 Å². The van der Waals surface area contributed by atoms with Gasteiger partial charge in [-0.2, -0.15) is 4.98 Å². The third kappa shape index (κ3) is 4.96. The highest BCUT2D eigenvalue weighted by Crippen LogP contribution is 2.42. The first-order chi connectivity index (χ1) is 17.4. The molecule has 0 fully saturated rings. The van der Waals surface area contributed by atoms with Gasteiger partial charge in [-0.15, -0.1) is 0 Å². The van der Waals surface area contributed by atoms with Gasteiger partial charge in [-0.1, -0.05) is 59.3 Å². The number of aromatic nitrogens is 3. The van der Waals surface area contributed by atoms with E-state index in [-0.39, 0.29) is 18.3 Å². The average molecular weight is 499 g/mol. The van der Waals surface area contributed by atoms with Crippen LogP contribution in [0.5, 0.6) is 11.6 Å². The fourth-order valence-electron chi connectivity index (χ4n) is 4.01. The molecular formula is C28H26N4O3S. The molecule has 182 valence electrons. The van der Waals surface area contributed by atoms with Crippen LogP contribution in [-0.2, 0) is 17.8 Å². The summed E-state index contributed by atoms with van der Waals surface area (Å²) < 4.78 is 6.25. The Balaban J connectivity index is 1.48. The van der Waals surface area contributed by atoms with Crippen molar-refractivity contribution in [3.05, 3.63) is 88.2 Å². The number of rotatable bonds is 6. The van der Waals surface area contributed by atoms with Crippen molar-refractivity contribution < 1.29 is 14.6 Å². The van der Waals surface area contributed by atoms with E-state index in [0.29, 0.717) is 34.5 Å². The molecule has 0 radical (unpaired) electrons. The van der Waals surface area contributed by atoms with Crippen LogP contribution in [0.2, 0.25) is 0 Å². The van der Waals surface area contributed by atoms with Gasteiger partial charge in [0.05, 0.1) is 23.6 Å². The number of nitrogens with one attached hydrogen (secondary N) is 1. The Hall–Kier alpha value is -3.75. The van der Waals surface area contributed by atoms with Gasteiger partial charge in [-0.3, -0.25) is 9.78 Å². The zero-order valence-electron chi connectivity index (χ0n) is 20.3. The van der Waals surface area contributed by atoms with Crippen LogP contribution in [0.1, 0.15) is 33.5 Å². The summed E-state index contributed by atoms with van der Waals surface area (Å²) in [6, 6.07) is 15.7. The van der Waals surface area contributed by atoms with Crippen LogP contribution in [0.15, 0.2) is 59.8 Å². The zero-order chi connectivity index (χ0) is 25.2. The average Bonchev–Trinajstić information content (AvgIpc) is 2.88. The van der Waals surface area contributed by atoms with Crippen molar-refractivity contribution >= 4 is 23.4 Å². The molecule has 0 saturated heterocycles. The van der Waals surface area contributed by atoms with Gasteiger partial charge in [0.25, 0.3) is 0 Å². The van der Waals surface area contributed by atoms with Gasteiger partial charge in [-0.25, -0.2) is 4.98 Å². The molecule has 7 nitrogen and oxygen atoms in total. The summed E-state index contributed by atoms with van der Waals surface area (Å²) in [5.41, 5.74) is 7.00. The molecule has 1 aliphatic heterocycles. The van der Waals surface area contributed by atoms with Crippen molar-refractivity contribution in [2.75, 3.05) is 11.1 Å². The molecule has 1 amide bonds. The van der Waals surface area contributed by atoms with Crippen molar-refractivity contribution in [1.29, 1.82) is 0 Å². The number of anilines is 1. The molecule has 8 heteroatoms. The smallest absolute Gasteiger partial charge is 0.234 e. The number of ether oxygens (including phenoxy) is 1. The third-order valence-corrected chi connectivity index (χ3v) is 7.06. The van der Waals surface area contributed by atoms with Crippen LogP contribution in [0.25, 0.3) is 11.4 Å². The minimum Gasteiger partial charge on any atom is -0.436 e. The quantitative estimate of drug-likeness (QED) is 0.239. The molecule has 0 saturated carbocycles. The summed E-state index contributed by atoms with van der Waals surface area (Å²) in [6.07, 6.45) is 2.16. The van der Waals surface area contributed by atoms with E-state index in [0.717, 1.165) is 39.2 Å². The predicted molar refractivity (Wildman–Crippen MR) is 141 cm³/mol. The number of aliphatic hydroxyl groups is 1. The minimum atomic E-state index is -0.141. The minimum absolute atomic E-state index is 0.124. The maximum Gasteiger partial charge on any atom is 0.234 e. The van der Waals surface area contributed by atoms with Crippen molar-refractivity contribution in [3.63, 3.8) is 0 Å². The lowest BCUT2D eigenvalue weighted by molar-refractivity contribution is -0.113. The second kappa shape index (κ2) is 10.1. The SMILES string of the molecule is Cc1ccc(NC(=O)CSc2nc(-c3ccc(C)cc3)nc3c2Cc2c(CO)cnc(C)c2O3)cc1. The van der Waals surface area contributed by atoms with Crippen LogP contribution in [0.4, 0.5) is 5.69 Å². The highest BCUT2D eigenvalue weighted by molar-refractivity contribution is 8.00. The Morgan fingerprint density at radius 1 is 1.00 bits per heavy atom. The third-order valence-electron chi connectivity index (χ3n) is 6.04. The molecule has 3 heterocycles. The number of benzene rings is 2. The number of carbonyl (C=O) groups excluding carboxylic acids is 1. The highest BCUT2D eigenvalue weighted by Gasteiger charge is 2.28. The van der Waals surface area contributed by atoms with Crippen molar-refractivity contribution in [2.24, 2.45) is 0 Å². The normalized spacial score (nSPS) is 11.9. The molecular weight excluding hydrogens is 472 g/mol. The first-order valence-corrected chi connectivity index (χ1v) is 12.6. The number of thioether (sulfide) groups is 1. The standard InChI is InChI=1S/C28H26N4O3S/c1-16-4-8-19(9-5-16)26-31-27-23(12-22-20(14-33)13-29-18(3)25(22)35-27)28(32-26)36-15-24(34)30-21-10-6-17(2)7-11-21/h4-11,13,33H,12,14-15H2,1-3H3,(H,30,34). The lowest BCUT2D eigenvalue weighted by Crippen LogP contribution is -2.16. The van der Waals surface area contributed by atoms with E-state index in [1.54, 1.807) is 6.20 Å². The van der Waals surface area contributed by atoms with Crippen LogP contribution in [-0.4, -0.2) is 31.7 Å². The number of pyridine rings is 1. The molecule has 4 aromatic rings. The van der Waals surface area contributed by atoms with Gasteiger partial charge in [0, 0.05) is 35.0 Å². The van der Waals surface area contributed by atoms with Gasteiger partial charge in [0.1, 0.15) is 5.03 Å². The molecule has 2 aromatic carbocycles. The molecule has 36 heavy (non-hydrogen) atoms. The fourth-order valence-corrected chi connectivity index (χ4v) is 4.84. The zero-order valence-corrected chi connectivity index (χ0v) is 21.1. The summed E-state index contributed by atoms with van der Waals surface area (Å²) in [5, 5.41) is 13.5. The lowest BCUT2D eigenvalue weighted by Gasteiger charge is -2.24. The van der Waals surface area contributed by atoms with Gasteiger partial charge < -0.3 is 15.2 Å². The molecule has 2 aromatic heterocycles. The first kappa shape index (κ1) is 24.0. The fraction of sp³-hybridized carbons (Fsp3) is 0.214. The topological polar surface area (TPSA) is 97.2 Å². The maximum absolute atomic E-state index is 12.7. The van der Waals surface area contributed by atoms with Crippen LogP contribution >= 0.6 is 11.8 Å². The Morgan fingerprint density at radius 3 is 2.39 bits per heavy atom. The number of nitrogens with zero attached hydrogens (tertiary/aromatic N) is 3. The van der Waals surface area contributed by atoms with Gasteiger partial charge in [0.15, 0.2) is 11.6 Å². The number of hydrogen-bond donors (Lipinski definition) is 2. The lowest BCUT2D eigenvalue weighted by atomic mass is 9.99. The van der Waals surface area contributed by atoms with Crippen molar-refractivity contribution in [2.45, 2.75) is 38.8 Å². The monoisotopic (exact) mass is 498 g/mol. The molecule has 5 rings (SSSR count). The summed E-state index contributed by atoms with van der Waals surface area (Å²) >= 11 is 1.35. The van der Waals surface area contributed by atoms with Crippen molar-refractivity contribution in [3.8, 4) is 23.0 Å². The first-order valence-electron chi connectivity index (χ1n) is 11.6. The molecule has 2 N–H and O–H groups in total. The number of amides is 1. The van der Waals surface area contributed by atoms with Gasteiger partial charge >= 0.3 is 0 Å². The van der Waals surface area contributed by atoms with Crippen LogP contribution in [0.3, 0.4) is 0 Å². The summed E-state index contributed by atoms with van der Waals surface area (Å²) in [4.78, 5) is 26.7. The summed E-state index contributed by atoms with van der Waals surface area (Å²) in [7, 11) is 0. The number of aryl methyl sites for hydroxylation is 3. The predicted octanol–water partition coefficient (Wildman–Crippen LogP) is 5.38. The van der Waals surface area contributed by atoms with Crippen molar-refractivity contribution in [1.82, 2.24) is 15.0 Å². The Bertz CT molecular complexity index is 1440. The molecule has 1 aliphatic rings. The maximum atomic E-state index is 12.7. The number of carbonyl (C=O) groups is 1. The second-order valence-electron chi connectivity index (χ2n) is 8.82. The van der Waals surface area contributed by atoms with Gasteiger partial charge in [-0.05, 0) is 32.9 Å². The Kier molecular flexibility index (Phi) is 6.71. The van der Waals surface area contributed by atoms with E-state index in [4.69, 9.17) is 14.7 Å². The van der Waals surface area contributed by atoms with Crippen LogP contribution in [0, 0.1) is 20.8 Å². The summed E-state index contributed by atoms with van der Waals surface area (Å²) in [5.74, 6) is 1.66. The molecule has 0 unspecified atom stereocenters. The molecule has 0 aliphatic carbocycles. The number of fused-ring (bicyclic) bond motifs is 2. The highest BCUT2D eigenvalue weighted by atomic mass is 32.2. The van der Waals surface area contributed by atoms with E-state index in [1.807, 2.05) is 69.3 Å². The van der Waals surface area contributed by atoms with Gasteiger partial charge in [0.2, 0.25) is 11.8 Å².